The predicted octanol–water partition coefficient (Wildman–Crippen LogP) is 4.74. The fraction of sp³-hybridized carbons (Fsp3) is 0.286. The molecule has 0 spiro atoms. The number of carbonyl (C=O) groups excluding carboxylic acids is 2. The number of halogens is 1. The monoisotopic (exact) mass is 517 g/mol. The molecule has 0 saturated carbocycles. The molecule has 0 atom stereocenters. The van der Waals surface area contributed by atoms with Gasteiger partial charge in [0.05, 0.1) is 16.1 Å². The van der Waals surface area contributed by atoms with Crippen LogP contribution in [0.3, 0.4) is 0 Å². The van der Waals surface area contributed by atoms with E-state index in [1.807, 2.05) is 36.1 Å². The van der Waals surface area contributed by atoms with Gasteiger partial charge in [0, 0.05) is 52.0 Å². The predicted molar refractivity (Wildman–Crippen MR) is 143 cm³/mol. The quantitative estimate of drug-likeness (QED) is 0.485. The van der Waals surface area contributed by atoms with E-state index >= 15 is 0 Å². The Labute approximate surface area is 221 Å². The van der Waals surface area contributed by atoms with Crippen molar-refractivity contribution in [2.24, 2.45) is 0 Å². The fourth-order valence-electron chi connectivity index (χ4n) is 4.20. The number of piperazine rings is 1. The number of amides is 2. The lowest BCUT2D eigenvalue weighted by Crippen LogP contribution is -2.49. The third-order valence-corrected chi connectivity index (χ3v) is 6.52. The molecule has 0 radical (unpaired) electrons. The first kappa shape index (κ1) is 26.0. The van der Waals surface area contributed by atoms with Crippen molar-refractivity contribution in [3.8, 4) is 17.2 Å². The van der Waals surface area contributed by atoms with Crippen molar-refractivity contribution in [1.29, 1.82) is 5.26 Å². The van der Waals surface area contributed by atoms with Gasteiger partial charge in [-0.25, -0.2) is 9.78 Å². The van der Waals surface area contributed by atoms with Crippen LogP contribution in [0.2, 0.25) is 5.02 Å². The number of ether oxygens (including phenoxy) is 1. The maximum absolute atomic E-state index is 12.5. The van der Waals surface area contributed by atoms with Crippen LogP contribution in [0.5, 0.6) is 0 Å². The Morgan fingerprint density at radius 1 is 1.08 bits per heavy atom. The summed E-state index contributed by atoms with van der Waals surface area (Å²) in [6.45, 7) is 4.24. The van der Waals surface area contributed by atoms with Gasteiger partial charge in [0.2, 0.25) is 0 Å². The lowest BCUT2D eigenvalue weighted by Gasteiger charge is -2.35. The molecule has 2 heterocycles. The molecular formula is C28H28ClN5O3. The zero-order valence-corrected chi connectivity index (χ0v) is 21.8. The normalized spacial score (nSPS) is 13.2. The second kappa shape index (κ2) is 11.3. The summed E-state index contributed by atoms with van der Waals surface area (Å²) in [4.78, 5) is 34.5. The highest BCUT2D eigenvalue weighted by atomic mass is 35.5. The van der Waals surface area contributed by atoms with Crippen molar-refractivity contribution in [1.82, 2.24) is 14.8 Å². The van der Waals surface area contributed by atoms with E-state index in [1.54, 1.807) is 49.5 Å². The number of hydrogen-bond donors (Lipinski definition) is 0. The highest BCUT2D eigenvalue weighted by Crippen LogP contribution is 2.29. The standard InChI is InChI=1S/C28H28ClN5O3/c1-19-5-4-6-20(13-19)18-37-28(36)34-11-9-33(10-12-34)26-22(16-30)14-23(17-31-26)21-7-8-24(25(29)15-21)27(35)32(2)3/h4-8,13-15,17H,9-12,18H2,1-3H3. The highest BCUT2D eigenvalue weighted by Gasteiger charge is 2.25. The number of aromatic nitrogens is 1. The number of nitrogens with zero attached hydrogens (tertiary/aromatic N) is 5. The molecule has 1 aromatic heterocycles. The summed E-state index contributed by atoms with van der Waals surface area (Å²) in [6.07, 6.45) is 1.34. The number of anilines is 1. The first-order valence-electron chi connectivity index (χ1n) is 11.9. The molecule has 0 aliphatic carbocycles. The second-order valence-corrected chi connectivity index (χ2v) is 9.53. The Hall–Kier alpha value is -4.09. The van der Waals surface area contributed by atoms with Crippen LogP contribution in [0.4, 0.5) is 10.6 Å². The third-order valence-electron chi connectivity index (χ3n) is 6.21. The van der Waals surface area contributed by atoms with Crippen molar-refractivity contribution in [2.75, 3.05) is 45.2 Å². The number of aryl methyl sites for hydroxylation is 1. The van der Waals surface area contributed by atoms with Crippen LogP contribution in [0.15, 0.2) is 54.7 Å². The van der Waals surface area contributed by atoms with Gasteiger partial charge >= 0.3 is 6.09 Å². The molecule has 190 valence electrons. The molecule has 2 aromatic carbocycles. The Balaban J connectivity index is 1.41. The summed E-state index contributed by atoms with van der Waals surface area (Å²) in [7, 11) is 3.34. The van der Waals surface area contributed by atoms with Crippen LogP contribution in [0.1, 0.15) is 27.0 Å². The SMILES string of the molecule is Cc1cccc(COC(=O)N2CCN(c3ncc(-c4ccc(C(=O)N(C)C)c(Cl)c4)cc3C#N)CC2)c1. The molecule has 9 heteroatoms. The van der Waals surface area contributed by atoms with Gasteiger partial charge in [-0.1, -0.05) is 47.5 Å². The average molecular weight is 518 g/mol. The number of carbonyl (C=O) groups is 2. The van der Waals surface area contributed by atoms with E-state index in [9.17, 15) is 14.9 Å². The maximum Gasteiger partial charge on any atom is 0.410 e. The van der Waals surface area contributed by atoms with Gasteiger partial charge in [-0.15, -0.1) is 0 Å². The average Bonchev–Trinajstić information content (AvgIpc) is 2.91. The molecule has 1 saturated heterocycles. The highest BCUT2D eigenvalue weighted by molar-refractivity contribution is 6.34. The van der Waals surface area contributed by atoms with Crippen LogP contribution in [0, 0.1) is 18.3 Å². The molecule has 0 bridgehead atoms. The number of pyridine rings is 1. The van der Waals surface area contributed by atoms with Gasteiger partial charge in [0.1, 0.15) is 18.5 Å². The summed E-state index contributed by atoms with van der Waals surface area (Å²) in [5, 5.41) is 10.2. The van der Waals surface area contributed by atoms with Gasteiger partial charge < -0.3 is 19.4 Å². The van der Waals surface area contributed by atoms with Crippen LogP contribution >= 0.6 is 11.6 Å². The molecule has 1 fully saturated rings. The zero-order valence-electron chi connectivity index (χ0n) is 21.1. The summed E-state index contributed by atoms with van der Waals surface area (Å²) < 4.78 is 5.48. The lowest BCUT2D eigenvalue weighted by atomic mass is 10.0. The minimum Gasteiger partial charge on any atom is -0.445 e. The Morgan fingerprint density at radius 2 is 1.84 bits per heavy atom. The molecule has 2 amide bonds. The van der Waals surface area contributed by atoms with Gasteiger partial charge in [-0.3, -0.25) is 4.79 Å². The molecule has 1 aliphatic heterocycles. The van der Waals surface area contributed by atoms with Gasteiger partial charge in [0.25, 0.3) is 5.91 Å². The Kier molecular flexibility index (Phi) is 7.95. The topological polar surface area (TPSA) is 89.8 Å². The molecule has 3 aromatic rings. The first-order valence-corrected chi connectivity index (χ1v) is 12.3. The summed E-state index contributed by atoms with van der Waals surface area (Å²) in [5.74, 6) is 0.394. The summed E-state index contributed by atoms with van der Waals surface area (Å²) in [5.41, 5.74) is 4.40. The van der Waals surface area contributed by atoms with Gasteiger partial charge in [0.15, 0.2) is 0 Å². The van der Waals surface area contributed by atoms with Crippen molar-refractivity contribution in [3.63, 3.8) is 0 Å². The van der Waals surface area contributed by atoms with E-state index in [2.05, 4.69) is 11.1 Å². The number of benzene rings is 2. The molecule has 4 rings (SSSR count). The first-order chi connectivity index (χ1) is 17.8. The molecule has 0 N–H and O–H groups in total. The fourth-order valence-corrected chi connectivity index (χ4v) is 4.46. The molecular weight excluding hydrogens is 490 g/mol. The van der Waals surface area contributed by atoms with Crippen LogP contribution in [0.25, 0.3) is 11.1 Å². The number of rotatable bonds is 5. The summed E-state index contributed by atoms with van der Waals surface area (Å²) in [6, 6.07) is 17.1. The van der Waals surface area contributed by atoms with Crippen molar-refractivity contribution in [2.45, 2.75) is 13.5 Å². The molecule has 0 unspecified atom stereocenters. The van der Waals surface area contributed by atoms with E-state index in [-0.39, 0.29) is 18.6 Å². The minimum atomic E-state index is -0.349. The van der Waals surface area contributed by atoms with Gasteiger partial charge in [-0.2, -0.15) is 5.26 Å². The Bertz CT molecular complexity index is 1360. The van der Waals surface area contributed by atoms with E-state index in [1.165, 1.54) is 4.90 Å². The minimum absolute atomic E-state index is 0.180. The van der Waals surface area contributed by atoms with E-state index < -0.39 is 0 Å². The number of nitriles is 1. The van der Waals surface area contributed by atoms with E-state index in [4.69, 9.17) is 16.3 Å². The largest absolute Gasteiger partial charge is 0.445 e. The maximum atomic E-state index is 12.5. The van der Waals surface area contributed by atoms with Gasteiger partial charge in [-0.05, 0) is 36.2 Å². The van der Waals surface area contributed by atoms with Crippen LogP contribution in [-0.4, -0.2) is 67.1 Å². The molecule has 8 nitrogen and oxygen atoms in total. The Morgan fingerprint density at radius 3 is 2.49 bits per heavy atom. The molecule has 1 aliphatic rings. The van der Waals surface area contributed by atoms with E-state index in [0.717, 1.165) is 22.3 Å². The van der Waals surface area contributed by atoms with Crippen LogP contribution < -0.4 is 4.90 Å². The third kappa shape index (κ3) is 6.01. The van der Waals surface area contributed by atoms with E-state index in [0.29, 0.717) is 48.1 Å². The van der Waals surface area contributed by atoms with Crippen molar-refractivity contribution < 1.29 is 14.3 Å². The second-order valence-electron chi connectivity index (χ2n) is 9.12. The lowest BCUT2D eigenvalue weighted by molar-refractivity contribution is 0.0827. The van der Waals surface area contributed by atoms with Crippen LogP contribution in [-0.2, 0) is 11.3 Å². The summed E-state index contributed by atoms with van der Waals surface area (Å²) >= 11 is 6.36. The van der Waals surface area contributed by atoms with Crippen molar-refractivity contribution in [3.05, 3.63) is 82.0 Å². The number of hydrogen-bond acceptors (Lipinski definition) is 6. The van der Waals surface area contributed by atoms with Crippen molar-refractivity contribution >= 4 is 29.4 Å². The molecule has 37 heavy (non-hydrogen) atoms. The smallest absolute Gasteiger partial charge is 0.410 e. The zero-order chi connectivity index (χ0) is 26.5.